The van der Waals surface area contributed by atoms with E-state index in [1.54, 1.807) is 0 Å². The summed E-state index contributed by atoms with van der Waals surface area (Å²) in [6.07, 6.45) is -0.177. The maximum atomic E-state index is 11.0. The highest BCUT2D eigenvalue weighted by Gasteiger charge is 2.32. The van der Waals surface area contributed by atoms with Crippen LogP contribution >= 0.6 is 0 Å². The maximum Gasteiger partial charge on any atom is 0.310 e. The zero-order valence-corrected chi connectivity index (χ0v) is 9.62. The van der Waals surface area contributed by atoms with Gasteiger partial charge in [-0.15, -0.1) is 0 Å². The van der Waals surface area contributed by atoms with Crippen molar-refractivity contribution in [3.63, 3.8) is 0 Å². The first-order valence-electron chi connectivity index (χ1n) is 5.84. The smallest absolute Gasteiger partial charge is 0.310 e. The topological polar surface area (TPSA) is 60.8 Å². The van der Waals surface area contributed by atoms with Crippen molar-refractivity contribution in [1.29, 1.82) is 0 Å². The lowest BCUT2D eigenvalue weighted by molar-refractivity contribution is -0.149. The number of benzene rings is 1. The average molecular weight is 235 g/mol. The summed E-state index contributed by atoms with van der Waals surface area (Å²) in [5.74, 6) is -1.57. The lowest BCUT2D eigenvalue weighted by Crippen LogP contribution is -2.46. The first-order valence-corrected chi connectivity index (χ1v) is 5.84. The Kier molecular flexibility index (Phi) is 3.76. The number of carbonyl (C=O) groups is 1. The number of hydrogen-bond acceptors (Lipinski definition) is 3. The minimum atomic E-state index is -0.907. The van der Waals surface area contributed by atoms with E-state index in [4.69, 9.17) is 5.11 Å². The van der Waals surface area contributed by atoms with E-state index in [2.05, 4.69) is 4.90 Å². The minimum absolute atomic E-state index is 0.422. The first-order chi connectivity index (χ1) is 8.16. The van der Waals surface area contributed by atoms with Crippen LogP contribution in [0, 0.1) is 5.92 Å². The number of aliphatic carboxylic acids is 1. The molecule has 1 saturated heterocycles. The van der Waals surface area contributed by atoms with Gasteiger partial charge < -0.3 is 10.2 Å². The Bertz CT molecular complexity index is 380. The highest BCUT2D eigenvalue weighted by atomic mass is 16.4. The van der Waals surface area contributed by atoms with Crippen molar-refractivity contribution < 1.29 is 15.0 Å². The molecule has 1 fully saturated rings. The van der Waals surface area contributed by atoms with Gasteiger partial charge in [0.05, 0.1) is 12.0 Å². The number of rotatable bonds is 3. The SMILES string of the molecule is O=C(O)[C@@H]1CN(Cc2ccccc2)CC[C@@H]1O. The highest BCUT2D eigenvalue weighted by Crippen LogP contribution is 2.19. The summed E-state index contributed by atoms with van der Waals surface area (Å²) in [5.41, 5.74) is 1.17. The molecule has 0 bridgehead atoms. The molecule has 4 heteroatoms. The molecule has 0 aromatic heterocycles. The van der Waals surface area contributed by atoms with E-state index in [0.29, 0.717) is 13.0 Å². The Labute approximate surface area is 100 Å². The van der Waals surface area contributed by atoms with E-state index < -0.39 is 18.0 Å². The van der Waals surface area contributed by atoms with Crippen molar-refractivity contribution in [3.8, 4) is 0 Å². The molecule has 1 aliphatic heterocycles. The summed E-state index contributed by atoms with van der Waals surface area (Å²) >= 11 is 0. The van der Waals surface area contributed by atoms with Gasteiger partial charge >= 0.3 is 5.97 Å². The lowest BCUT2D eigenvalue weighted by atomic mass is 9.94. The molecule has 92 valence electrons. The van der Waals surface area contributed by atoms with E-state index in [-0.39, 0.29) is 0 Å². The van der Waals surface area contributed by atoms with Crippen LogP contribution in [0.2, 0.25) is 0 Å². The monoisotopic (exact) mass is 235 g/mol. The zero-order valence-electron chi connectivity index (χ0n) is 9.62. The van der Waals surface area contributed by atoms with Gasteiger partial charge in [0.2, 0.25) is 0 Å². The molecule has 1 aromatic carbocycles. The molecule has 0 radical (unpaired) electrons. The van der Waals surface area contributed by atoms with Crippen molar-refractivity contribution >= 4 is 5.97 Å². The molecule has 1 heterocycles. The van der Waals surface area contributed by atoms with Crippen LogP contribution in [0.3, 0.4) is 0 Å². The van der Waals surface area contributed by atoms with Crippen LogP contribution in [0.15, 0.2) is 30.3 Å². The number of carboxylic acid groups (broad SMARTS) is 1. The molecule has 1 aliphatic rings. The minimum Gasteiger partial charge on any atom is -0.481 e. The predicted molar refractivity (Wildman–Crippen MR) is 63.5 cm³/mol. The molecule has 0 unspecified atom stereocenters. The van der Waals surface area contributed by atoms with Crippen LogP contribution in [0.1, 0.15) is 12.0 Å². The number of likely N-dealkylation sites (tertiary alicyclic amines) is 1. The number of hydrogen-bond donors (Lipinski definition) is 2. The fourth-order valence-electron chi connectivity index (χ4n) is 2.24. The molecule has 17 heavy (non-hydrogen) atoms. The average Bonchev–Trinajstić information content (AvgIpc) is 2.32. The largest absolute Gasteiger partial charge is 0.481 e. The van der Waals surface area contributed by atoms with Crippen LogP contribution in [0.4, 0.5) is 0 Å². The van der Waals surface area contributed by atoms with Crippen molar-refractivity contribution in [2.45, 2.75) is 19.1 Å². The van der Waals surface area contributed by atoms with Crippen molar-refractivity contribution in [2.24, 2.45) is 5.92 Å². The van der Waals surface area contributed by atoms with Gasteiger partial charge in [-0.05, 0) is 12.0 Å². The van der Waals surface area contributed by atoms with Crippen LogP contribution in [0.25, 0.3) is 0 Å². The molecule has 2 N–H and O–H groups in total. The fourth-order valence-corrected chi connectivity index (χ4v) is 2.24. The van der Waals surface area contributed by atoms with E-state index in [1.165, 1.54) is 5.56 Å². The highest BCUT2D eigenvalue weighted by molar-refractivity contribution is 5.71. The van der Waals surface area contributed by atoms with Gasteiger partial charge in [-0.1, -0.05) is 30.3 Å². The predicted octanol–water partition coefficient (Wildman–Crippen LogP) is 0.954. The second-order valence-corrected chi connectivity index (χ2v) is 4.52. The molecule has 2 atom stereocenters. The lowest BCUT2D eigenvalue weighted by Gasteiger charge is -2.33. The van der Waals surface area contributed by atoms with Crippen molar-refractivity contribution in [1.82, 2.24) is 4.90 Å². The van der Waals surface area contributed by atoms with E-state index in [9.17, 15) is 9.90 Å². The molecule has 1 aromatic rings. The third-order valence-electron chi connectivity index (χ3n) is 3.23. The first kappa shape index (κ1) is 12.1. The number of aliphatic hydroxyl groups excluding tert-OH is 1. The standard InChI is InChI=1S/C13H17NO3/c15-12-6-7-14(9-11(12)13(16)17)8-10-4-2-1-3-5-10/h1-5,11-12,15H,6-9H2,(H,16,17)/t11-,12+/m1/s1. The number of piperidine rings is 1. The van der Waals surface area contributed by atoms with Gasteiger partial charge in [0.1, 0.15) is 0 Å². The Hall–Kier alpha value is -1.39. The molecule has 2 rings (SSSR count). The Morgan fingerprint density at radius 1 is 1.35 bits per heavy atom. The van der Waals surface area contributed by atoms with E-state index in [0.717, 1.165) is 13.1 Å². The van der Waals surface area contributed by atoms with Gasteiger partial charge in [0, 0.05) is 19.6 Å². The van der Waals surface area contributed by atoms with Gasteiger partial charge in [-0.25, -0.2) is 0 Å². The summed E-state index contributed by atoms with van der Waals surface area (Å²) in [5, 5.41) is 18.6. The maximum absolute atomic E-state index is 11.0. The summed E-state index contributed by atoms with van der Waals surface area (Å²) in [6.45, 7) is 1.92. The van der Waals surface area contributed by atoms with Gasteiger partial charge in [-0.2, -0.15) is 0 Å². The Morgan fingerprint density at radius 2 is 2.06 bits per heavy atom. The molecule has 0 aliphatic carbocycles. The molecular formula is C13H17NO3. The van der Waals surface area contributed by atoms with Crippen molar-refractivity contribution in [3.05, 3.63) is 35.9 Å². The summed E-state index contributed by atoms with van der Waals surface area (Å²) < 4.78 is 0. The summed E-state index contributed by atoms with van der Waals surface area (Å²) in [7, 11) is 0. The molecule has 0 saturated carbocycles. The van der Waals surface area contributed by atoms with Gasteiger partial charge in [0.25, 0.3) is 0 Å². The van der Waals surface area contributed by atoms with Gasteiger partial charge in [-0.3, -0.25) is 9.69 Å². The zero-order chi connectivity index (χ0) is 12.3. The second kappa shape index (κ2) is 5.29. The number of aliphatic hydroxyl groups is 1. The quantitative estimate of drug-likeness (QED) is 0.819. The van der Waals surface area contributed by atoms with Crippen LogP contribution in [-0.4, -0.2) is 40.3 Å². The number of nitrogens with zero attached hydrogens (tertiary/aromatic N) is 1. The fraction of sp³-hybridized carbons (Fsp3) is 0.462. The summed E-state index contributed by atoms with van der Waals surface area (Å²) in [6, 6.07) is 9.97. The van der Waals surface area contributed by atoms with E-state index in [1.807, 2.05) is 30.3 Å². The molecule has 0 spiro atoms. The number of carboxylic acids is 1. The Morgan fingerprint density at radius 3 is 2.71 bits per heavy atom. The van der Waals surface area contributed by atoms with Crippen LogP contribution < -0.4 is 0 Å². The van der Waals surface area contributed by atoms with Crippen LogP contribution in [0.5, 0.6) is 0 Å². The van der Waals surface area contributed by atoms with Crippen molar-refractivity contribution in [2.75, 3.05) is 13.1 Å². The third-order valence-corrected chi connectivity index (χ3v) is 3.23. The van der Waals surface area contributed by atoms with E-state index >= 15 is 0 Å². The molecule has 0 amide bonds. The van der Waals surface area contributed by atoms with Gasteiger partial charge in [0.15, 0.2) is 0 Å². The third kappa shape index (κ3) is 3.05. The Balaban J connectivity index is 1.97. The summed E-state index contributed by atoms with van der Waals surface area (Å²) in [4.78, 5) is 13.1. The van der Waals surface area contributed by atoms with Crippen LogP contribution in [-0.2, 0) is 11.3 Å². The molecule has 4 nitrogen and oxygen atoms in total. The second-order valence-electron chi connectivity index (χ2n) is 4.52. The normalized spacial score (nSPS) is 25.7. The molecular weight excluding hydrogens is 218 g/mol.